The molecule has 0 radical (unpaired) electrons. The van der Waals surface area contributed by atoms with Gasteiger partial charge in [0.25, 0.3) is 0 Å². The van der Waals surface area contributed by atoms with Crippen LogP contribution in [0.2, 0.25) is 0 Å². The van der Waals surface area contributed by atoms with Gasteiger partial charge in [-0.2, -0.15) is 5.26 Å². The Morgan fingerprint density at radius 3 is 2.75 bits per heavy atom. The van der Waals surface area contributed by atoms with E-state index < -0.39 is 11.6 Å². The number of nitrogens with zero attached hydrogens (tertiary/aromatic N) is 1. The summed E-state index contributed by atoms with van der Waals surface area (Å²) < 4.78 is 11.3. The largest absolute Gasteiger partial charge is 0.488 e. The molecule has 0 spiro atoms. The third kappa shape index (κ3) is 3.97. The van der Waals surface area contributed by atoms with E-state index in [-0.39, 0.29) is 5.91 Å². The SMILES string of the molecule is N#CC(Cc1ccc2c(c1)OCc1ccc(C3CNC3)cc1-2)NC(=O)C1(N)CCOCC1. The highest BCUT2D eigenvalue weighted by atomic mass is 16.5. The van der Waals surface area contributed by atoms with E-state index >= 15 is 0 Å². The van der Waals surface area contributed by atoms with Crippen molar-refractivity contribution in [3.63, 3.8) is 0 Å². The maximum absolute atomic E-state index is 12.7. The first-order chi connectivity index (χ1) is 15.6. The number of nitrogens with one attached hydrogen (secondary N) is 2. The van der Waals surface area contributed by atoms with Crippen LogP contribution in [0.4, 0.5) is 0 Å². The van der Waals surface area contributed by atoms with Crippen LogP contribution in [0.5, 0.6) is 5.75 Å². The van der Waals surface area contributed by atoms with E-state index in [1.54, 1.807) is 0 Å². The van der Waals surface area contributed by atoms with E-state index in [2.05, 4.69) is 41.0 Å². The molecule has 3 heterocycles. The summed E-state index contributed by atoms with van der Waals surface area (Å²) in [4.78, 5) is 12.7. The van der Waals surface area contributed by atoms with Gasteiger partial charge in [0, 0.05) is 44.2 Å². The van der Waals surface area contributed by atoms with Crippen LogP contribution < -0.4 is 21.1 Å². The van der Waals surface area contributed by atoms with Crippen molar-refractivity contribution in [3.8, 4) is 22.9 Å². The fourth-order valence-corrected chi connectivity index (χ4v) is 4.57. The molecule has 166 valence electrons. The number of amides is 1. The average molecular weight is 433 g/mol. The van der Waals surface area contributed by atoms with Crippen LogP contribution in [0.15, 0.2) is 36.4 Å². The first-order valence-corrected chi connectivity index (χ1v) is 11.2. The Morgan fingerprint density at radius 2 is 2.03 bits per heavy atom. The van der Waals surface area contributed by atoms with Crippen molar-refractivity contribution >= 4 is 5.91 Å². The zero-order valence-electron chi connectivity index (χ0n) is 18.0. The van der Waals surface area contributed by atoms with Gasteiger partial charge in [-0.25, -0.2) is 0 Å². The van der Waals surface area contributed by atoms with E-state index in [4.69, 9.17) is 15.2 Å². The highest BCUT2D eigenvalue weighted by Crippen LogP contribution is 2.40. The molecule has 2 saturated heterocycles. The number of carbonyl (C=O) groups is 1. The second-order valence-electron chi connectivity index (χ2n) is 9.02. The van der Waals surface area contributed by atoms with Crippen molar-refractivity contribution in [2.75, 3.05) is 26.3 Å². The van der Waals surface area contributed by atoms with E-state index in [1.165, 1.54) is 16.7 Å². The smallest absolute Gasteiger partial charge is 0.241 e. The first-order valence-electron chi connectivity index (χ1n) is 11.2. The number of rotatable bonds is 5. The third-order valence-electron chi connectivity index (χ3n) is 6.84. The Bertz CT molecular complexity index is 1070. The Morgan fingerprint density at radius 1 is 1.22 bits per heavy atom. The fraction of sp³-hybridized carbons (Fsp3) is 0.440. The lowest BCUT2D eigenvalue weighted by Gasteiger charge is -2.32. The standard InChI is InChI=1S/C25H28N4O3/c26-12-20(29-24(30)25(27)5-7-31-8-6-25)9-16-1-4-21-22-11-17(19-13-28-14-19)2-3-18(22)15-32-23(21)10-16/h1-4,10-11,19-20,28H,5-9,13-15,27H2,(H,29,30). The van der Waals surface area contributed by atoms with E-state index in [9.17, 15) is 10.1 Å². The molecule has 3 aliphatic rings. The van der Waals surface area contributed by atoms with Crippen LogP contribution in [0, 0.1) is 11.3 Å². The summed E-state index contributed by atoms with van der Waals surface area (Å²) in [6.45, 7) is 3.51. The maximum atomic E-state index is 12.7. The first kappa shape index (κ1) is 21.0. The Balaban J connectivity index is 1.32. The molecule has 7 heteroatoms. The van der Waals surface area contributed by atoms with Crippen LogP contribution in [-0.4, -0.2) is 43.8 Å². The highest BCUT2D eigenvalue weighted by molar-refractivity contribution is 5.86. The molecule has 2 aromatic rings. The van der Waals surface area contributed by atoms with E-state index in [0.29, 0.717) is 45.0 Å². The van der Waals surface area contributed by atoms with Crippen molar-refractivity contribution in [1.29, 1.82) is 5.26 Å². The second-order valence-corrected chi connectivity index (χ2v) is 9.02. The molecule has 0 aromatic heterocycles. The molecule has 0 aliphatic carbocycles. The predicted molar refractivity (Wildman–Crippen MR) is 120 cm³/mol. The summed E-state index contributed by atoms with van der Waals surface area (Å²) >= 11 is 0. The molecule has 4 N–H and O–H groups in total. The lowest BCUT2D eigenvalue weighted by Crippen LogP contribution is -2.58. The highest BCUT2D eigenvalue weighted by Gasteiger charge is 2.37. The number of benzene rings is 2. The van der Waals surface area contributed by atoms with E-state index in [0.717, 1.165) is 30.0 Å². The molecule has 5 rings (SSSR count). The van der Waals surface area contributed by atoms with Gasteiger partial charge in [-0.05, 0) is 41.2 Å². The maximum Gasteiger partial charge on any atom is 0.241 e. The molecule has 3 aliphatic heterocycles. The van der Waals surface area contributed by atoms with Crippen LogP contribution >= 0.6 is 0 Å². The number of fused-ring (bicyclic) bond motifs is 3. The zero-order chi connectivity index (χ0) is 22.1. The van der Waals surface area contributed by atoms with Gasteiger partial charge in [0.2, 0.25) is 5.91 Å². The quantitative estimate of drug-likeness (QED) is 0.667. The molecule has 1 amide bonds. The number of nitriles is 1. The summed E-state index contributed by atoms with van der Waals surface area (Å²) in [5.41, 5.74) is 11.1. The normalized spacial score (nSPS) is 20.0. The molecule has 2 fully saturated rings. The lowest BCUT2D eigenvalue weighted by atomic mass is 9.87. The Labute approximate surface area is 187 Å². The van der Waals surface area contributed by atoms with Gasteiger partial charge in [-0.1, -0.05) is 30.3 Å². The van der Waals surface area contributed by atoms with Gasteiger partial charge in [0.1, 0.15) is 18.4 Å². The fourth-order valence-electron chi connectivity index (χ4n) is 4.57. The summed E-state index contributed by atoms with van der Waals surface area (Å²) in [5.74, 6) is 1.11. The van der Waals surface area contributed by atoms with E-state index in [1.807, 2.05) is 12.1 Å². The number of carbonyl (C=O) groups excluding carboxylic acids is 1. The minimum absolute atomic E-state index is 0.284. The van der Waals surface area contributed by atoms with Gasteiger partial charge >= 0.3 is 0 Å². The number of ether oxygens (including phenoxy) is 2. The molecule has 32 heavy (non-hydrogen) atoms. The second kappa shape index (κ2) is 8.55. The van der Waals surface area contributed by atoms with Crippen molar-refractivity contribution in [1.82, 2.24) is 10.6 Å². The zero-order valence-corrected chi connectivity index (χ0v) is 18.0. The molecule has 0 saturated carbocycles. The number of nitrogens with two attached hydrogens (primary N) is 1. The average Bonchev–Trinajstić information content (AvgIpc) is 2.77. The van der Waals surface area contributed by atoms with Gasteiger partial charge in [0.05, 0.1) is 11.6 Å². The van der Waals surface area contributed by atoms with Crippen LogP contribution in [0.1, 0.15) is 35.4 Å². The Hall–Kier alpha value is -2.92. The molecular formula is C25H28N4O3. The predicted octanol–water partition coefficient (Wildman–Crippen LogP) is 1.99. The topological polar surface area (TPSA) is 109 Å². The van der Waals surface area contributed by atoms with Gasteiger partial charge < -0.3 is 25.8 Å². The molecule has 0 bridgehead atoms. The molecule has 1 atom stereocenters. The van der Waals surface area contributed by atoms with Crippen LogP contribution in [0.25, 0.3) is 11.1 Å². The molecule has 2 aromatic carbocycles. The molecule has 7 nitrogen and oxygen atoms in total. The summed E-state index contributed by atoms with van der Waals surface area (Å²) in [6.07, 6.45) is 1.32. The molecule has 1 unspecified atom stereocenters. The Kier molecular flexibility index (Phi) is 5.60. The summed E-state index contributed by atoms with van der Waals surface area (Å²) in [6, 6.07) is 14.3. The van der Waals surface area contributed by atoms with Crippen molar-refractivity contribution < 1.29 is 14.3 Å². The monoisotopic (exact) mass is 432 g/mol. The van der Waals surface area contributed by atoms with Gasteiger partial charge in [0.15, 0.2) is 0 Å². The van der Waals surface area contributed by atoms with Gasteiger partial charge in [-0.3, -0.25) is 4.79 Å². The van der Waals surface area contributed by atoms with Crippen molar-refractivity contribution in [3.05, 3.63) is 53.1 Å². The van der Waals surface area contributed by atoms with Gasteiger partial charge in [-0.15, -0.1) is 0 Å². The van der Waals surface area contributed by atoms with Crippen LogP contribution in [-0.2, 0) is 22.6 Å². The third-order valence-corrected chi connectivity index (χ3v) is 6.84. The minimum atomic E-state index is -0.969. The summed E-state index contributed by atoms with van der Waals surface area (Å²) in [7, 11) is 0. The number of hydrogen-bond acceptors (Lipinski definition) is 6. The molecular weight excluding hydrogens is 404 g/mol. The van der Waals surface area contributed by atoms with Crippen LogP contribution in [0.3, 0.4) is 0 Å². The number of hydrogen-bond donors (Lipinski definition) is 3. The minimum Gasteiger partial charge on any atom is -0.488 e. The van der Waals surface area contributed by atoms with Crippen molar-refractivity contribution in [2.45, 2.75) is 43.4 Å². The summed E-state index contributed by atoms with van der Waals surface area (Å²) in [5, 5.41) is 15.8. The lowest BCUT2D eigenvalue weighted by molar-refractivity contribution is -0.130. The van der Waals surface area contributed by atoms with Crippen molar-refractivity contribution in [2.24, 2.45) is 5.73 Å².